The number of amides is 2. The molecule has 0 saturated heterocycles. The summed E-state index contributed by atoms with van der Waals surface area (Å²) in [6.45, 7) is 3.55. The van der Waals surface area contributed by atoms with Gasteiger partial charge in [0.2, 0.25) is 0 Å². The van der Waals surface area contributed by atoms with E-state index >= 15 is 0 Å². The maximum atomic E-state index is 12.1. The third kappa shape index (κ3) is 5.07. The first kappa shape index (κ1) is 15.9. The van der Waals surface area contributed by atoms with Crippen LogP contribution in [0.5, 0.6) is 0 Å². The molecule has 21 heavy (non-hydrogen) atoms. The van der Waals surface area contributed by atoms with E-state index in [0.717, 1.165) is 18.9 Å². The van der Waals surface area contributed by atoms with Crippen LogP contribution < -0.4 is 5.32 Å². The highest BCUT2D eigenvalue weighted by Crippen LogP contribution is 2.28. The molecule has 2 rings (SSSR count). The molecule has 3 heteroatoms. The number of hydrogen-bond acceptors (Lipinski definition) is 1. The van der Waals surface area contributed by atoms with Gasteiger partial charge < -0.3 is 10.2 Å². The summed E-state index contributed by atoms with van der Waals surface area (Å²) in [5.74, 6) is 0.909. The van der Waals surface area contributed by atoms with Crippen molar-refractivity contribution >= 4 is 6.03 Å². The van der Waals surface area contributed by atoms with Gasteiger partial charge in [0.05, 0.1) is 0 Å². The van der Waals surface area contributed by atoms with Crippen LogP contribution in [0.3, 0.4) is 0 Å². The van der Waals surface area contributed by atoms with Crippen molar-refractivity contribution in [3.05, 3.63) is 35.4 Å². The van der Waals surface area contributed by atoms with E-state index in [9.17, 15) is 4.79 Å². The molecule has 1 N–H and O–H groups in total. The van der Waals surface area contributed by atoms with Gasteiger partial charge in [0, 0.05) is 20.1 Å². The first-order chi connectivity index (χ1) is 10.2. The Balaban J connectivity index is 1.66. The summed E-state index contributed by atoms with van der Waals surface area (Å²) in [6, 6.07) is 8.25. The normalized spacial score (nSPS) is 15.1. The van der Waals surface area contributed by atoms with Crippen molar-refractivity contribution in [2.24, 2.45) is 5.92 Å². The lowest BCUT2D eigenvalue weighted by Crippen LogP contribution is -2.37. The fraction of sp³-hybridized carbons (Fsp3) is 0.611. The van der Waals surface area contributed by atoms with E-state index in [-0.39, 0.29) is 6.03 Å². The summed E-state index contributed by atoms with van der Waals surface area (Å²) in [6.07, 6.45) is 7.95. The average molecular weight is 288 g/mol. The van der Waals surface area contributed by atoms with E-state index in [0.29, 0.717) is 6.54 Å². The zero-order valence-electron chi connectivity index (χ0n) is 13.4. The summed E-state index contributed by atoms with van der Waals surface area (Å²) in [7, 11) is 1.86. The summed E-state index contributed by atoms with van der Waals surface area (Å²) in [5.41, 5.74) is 2.44. The van der Waals surface area contributed by atoms with Crippen LogP contribution in [-0.4, -0.2) is 24.5 Å². The minimum Gasteiger partial charge on any atom is -0.338 e. The summed E-state index contributed by atoms with van der Waals surface area (Å²) < 4.78 is 0. The van der Waals surface area contributed by atoms with Crippen molar-refractivity contribution in [1.82, 2.24) is 10.2 Å². The van der Waals surface area contributed by atoms with Gasteiger partial charge in [-0.1, -0.05) is 49.9 Å². The number of carbonyl (C=O) groups excluding carboxylic acids is 1. The van der Waals surface area contributed by atoms with Crippen LogP contribution in [0.1, 0.15) is 49.7 Å². The van der Waals surface area contributed by atoms with Crippen molar-refractivity contribution in [3.63, 3.8) is 0 Å². The van der Waals surface area contributed by atoms with E-state index in [2.05, 4.69) is 24.4 Å². The molecule has 1 aromatic rings. The Morgan fingerprint density at radius 1 is 1.29 bits per heavy atom. The fourth-order valence-corrected chi connectivity index (χ4v) is 3.13. The van der Waals surface area contributed by atoms with Crippen LogP contribution in [0, 0.1) is 12.8 Å². The topological polar surface area (TPSA) is 32.3 Å². The van der Waals surface area contributed by atoms with Crippen molar-refractivity contribution in [2.75, 3.05) is 13.6 Å². The maximum Gasteiger partial charge on any atom is 0.317 e. The number of hydrogen-bond donors (Lipinski definition) is 1. The zero-order chi connectivity index (χ0) is 15.1. The van der Waals surface area contributed by atoms with Gasteiger partial charge in [0.1, 0.15) is 0 Å². The summed E-state index contributed by atoms with van der Waals surface area (Å²) in [5, 5.41) is 3.03. The minimum absolute atomic E-state index is 0.0321. The Labute approximate surface area is 128 Å². The molecule has 1 aliphatic rings. The van der Waals surface area contributed by atoms with Crippen LogP contribution in [0.15, 0.2) is 24.3 Å². The quantitative estimate of drug-likeness (QED) is 0.785. The molecule has 0 atom stereocenters. The van der Waals surface area contributed by atoms with Crippen molar-refractivity contribution < 1.29 is 4.79 Å². The van der Waals surface area contributed by atoms with Gasteiger partial charge in [0.25, 0.3) is 0 Å². The molecule has 0 bridgehead atoms. The summed E-state index contributed by atoms with van der Waals surface area (Å²) in [4.78, 5) is 13.8. The number of nitrogens with zero attached hydrogens (tertiary/aromatic N) is 1. The Kier molecular flexibility index (Phi) is 6.09. The molecular formula is C18H28N2O. The molecule has 0 spiro atoms. The van der Waals surface area contributed by atoms with Crippen molar-refractivity contribution in [3.8, 4) is 0 Å². The van der Waals surface area contributed by atoms with Gasteiger partial charge in [-0.05, 0) is 36.8 Å². The molecule has 3 nitrogen and oxygen atoms in total. The second-order valence-electron chi connectivity index (χ2n) is 6.31. The van der Waals surface area contributed by atoms with Gasteiger partial charge in [0.15, 0.2) is 0 Å². The molecule has 0 aromatic heterocycles. The van der Waals surface area contributed by atoms with Crippen molar-refractivity contribution in [1.29, 1.82) is 0 Å². The predicted octanol–water partition coefficient (Wildman–Crippen LogP) is 4.11. The standard InChI is InChI=1S/C18H28N2O/c1-15-8-3-6-12-17(15)14-20(2)18(21)19-13-7-11-16-9-4-5-10-16/h3,6,8,12,16H,4-5,7,9-11,13-14H2,1-2H3,(H,19,21). The summed E-state index contributed by atoms with van der Waals surface area (Å²) >= 11 is 0. The molecule has 1 fully saturated rings. The van der Waals surface area contributed by atoms with Gasteiger partial charge >= 0.3 is 6.03 Å². The Morgan fingerprint density at radius 3 is 2.71 bits per heavy atom. The highest BCUT2D eigenvalue weighted by Gasteiger charge is 2.14. The molecule has 0 aliphatic heterocycles. The first-order valence-corrected chi connectivity index (χ1v) is 8.20. The SMILES string of the molecule is Cc1ccccc1CN(C)C(=O)NCCCC1CCCC1. The molecule has 116 valence electrons. The molecular weight excluding hydrogens is 260 g/mol. The molecule has 1 saturated carbocycles. The molecule has 1 aromatic carbocycles. The van der Waals surface area contributed by atoms with E-state index < -0.39 is 0 Å². The van der Waals surface area contributed by atoms with E-state index in [1.54, 1.807) is 4.90 Å². The van der Waals surface area contributed by atoms with Gasteiger partial charge in [-0.15, -0.1) is 0 Å². The second-order valence-corrected chi connectivity index (χ2v) is 6.31. The van der Waals surface area contributed by atoms with Crippen LogP contribution >= 0.6 is 0 Å². The number of nitrogens with one attached hydrogen (secondary N) is 1. The fourth-order valence-electron chi connectivity index (χ4n) is 3.13. The number of carbonyl (C=O) groups is 1. The lowest BCUT2D eigenvalue weighted by molar-refractivity contribution is 0.206. The third-order valence-corrected chi connectivity index (χ3v) is 4.56. The van der Waals surface area contributed by atoms with Crippen LogP contribution in [0.25, 0.3) is 0 Å². The highest BCUT2D eigenvalue weighted by molar-refractivity contribution is 5.73. The van der Waals surface area contributed by atoms with Gasteiger partial charge in [-0.3, -0.25) is 0 Å². The minimum atomic E-state index is 0.0321. The van der Waals surface area contributed by atoms with E-state index in [1.807, 2.05) is 19.2 Å². The van der Waals surface area contributed by atoms with E-state index in [4.69, 9.17) is 0 Å². The molecule has 2 amide bonds. The van der Waals surface area contributed by atoms with Gasteiger partial charge in [-0.2, -0.15) is 0 Å². The zero-order valence-corrected chi connectivity index (χ0v) is 13.4. The Hall–Kier alpha value is -1.51. The first-order valence-electron chi connectivity index (χ1n) is 8.20. The Morgan fingerprint density at radius 2 is 2.00 bits per heavy atom. The number of benzene rings is 1. The average Bonchev–Trinajstić information content (AvgIpc) is 2.99. The third-order valence-electron chi connectivity index (χ3n) is 4.56. The van der Waals surface area contributed by atoms with Crippen LogP contribution in [0.4, 0.5) is 4.79 Å². The van der Waals surface area contributed by atoms with Crippen LogP contribution in [-0.2, 0) is 6.54 Å². The maximum absolute atomic E-state index is 12.1. The van der Waals surface area contributed by atoms with Crippen LogP contribution in [0.2, 0.25) is 0 Å². The largest absolute Gasteiger partial charge is 0.338 e. The lowest BCUT2D eigenvalue weighted by atomic mass is 10.0. The number of rotatable bonds is 6. The van der Waals surface area contributed by atoms with Crippen molar-refractivity contribution in [2.45, 2.75) is 52.0 Å². The highest BCUT2D eigenvalue weighted by atomic mass is 16.2. The molecule has 0 unspecified atom stereocenters. The monoisotopic (exact) mass is 288 g/mol. The molecule has 1 aliphatic carbocycles. The second kappa shape index (κ2) is 8.06. The Bertz CT molecular complexity index is 452. The van der Waals surface area contributed by atoms with E-state index in [1.165, 1.54) is 43.2 Å². The predicted molar refractivity (Wildman–Crippen MR) is 87.2 cm³/mol. The molecule has 0 heterocycles. The van der Waals surface area contributed by atoms with Gasteiger partial charge in [-0.25, -0.2) is 4.79 Å². The number of urea groups is 1. The lowest BCUT2D eigenvalue weighted by Gasteiger charge is -2.19. The smallest absolute Gasteiger partial charge is 0.317 e. The molecule has 0 radical (unpaired) electrons. The number of aryl methyl sites for hydroxylation is 1.